The second kappa shape index (κ2) is 11.2. The molecule has 0 unspecified atom stereocenters. The molecule has 0 amide bonds. The second-order valence-electron chi connectivity index (χ2n) is 8.15. The highest BCUT2D eigenvalue weighted by molar-refractivity contribution is 5.73. The van der Waals surface area contributed by atoms with Crippen molar-refractivity contribution in [1.82, 2.24) is 9.88 Å². The monoisotopic (exact) mass is 502 g/mol. The summed E-state index contributed by atoms with van der Waals surface area (Å²) in [7, 11) is 0. The van der Waals surface area contributed by atoms with E-state index in [1.54, 1.807) is 6.20 Å². The molecule has 1 aromatic rings. The van der Waals surface area contributed by atoms with Crippen LogP contribution in [0.5, 0.6) is 5.88 Å². The van der Waals surface area contributed by atoms with Gasteiger partial charge in [-0.15, -0.1) is 0 Å². The van der Waals surface area contributed by atoms with Crippen LogP contribution in [0.4, 0.5) is 26.3 Å². The quantitative estimate of drug-likeness (QED) is 0.605. The van der Waals surface area contributed by atoms with E-state index in [9.17, 15) is 26.3 Å². The number of alkyl halides is 6. The number of nitrogens with zero attached hydrogens (tertiary/aromatic N) is 2. The van der Waals surface area contributed by atoms with Gasteiger partial charge in [0.25, 0.3) is 0 Å². The smallest absolute Gasteiger partial charge is 0.477 e. The number of fused-ring (bicyclic) bond motifs is 1. The van der Waals surface area contributed by atoms with Crippen molar-refractivity contribution in [2.45, 2.75) is 37.7 Å². The van der Waals surface area contributed by atoms with Crippen LogP contribution >= 0.6 is 0 Å². The Hall–Kier alpha value is -2.61. The van der Waals surface area contributed by atoms with E-state index in [1.165, 1.54) is 25.8 Å². The summed E-state index contributed by atoms with van der Waals surface area (Å²) in [5.41, 5.74) is 0.188. The zero-order valence-corrected chi connectivity index (χ0v) is 17.8. The first kappa shape index (κ1) is 27.6. The fourth-order valence-corrected chi connectivity index (χ4v) is 3.76. The lowest BCUT2D eigenvalue weighted by Crippen LogP contribution is -2.42. The molecule has 3 heterocycles. The highest BCUT2D eigenvalue weighted by atomic mass is 19.4. The highest BCUT2D eigenvalue weighted by Crippen LogP contribution is 2.44. The molecule has 3 aliphatic rings. The number of carbonyl (C=O) groups is 2. The zero-order chi connectivity index (χ0) is 25.6. The van der Waals surface area contributed by atoms with Crippen molar-refractivity contribution in [2.24, 2.45) is 11.3 Å². The summed E-state index contributed by atoms with van der Waals surface area (Å²) in [5.74, 6) is -4.15. The Labute approximate surface area is 190 Å². The van der Waals surface area contributed by atoms with Gasteiger partial charge in [0, 0.05) is 42.7 Å². The van der Waals surface area contributed by atoms with Crippen molar-refractivity contribution in [3.05, 3.63) is 24.4 Å². The Morgan fingerprint density at radius 1 is 1.12 bits per heavy atom. The molecule has 3 fully saturated rings. The van der Waals surface area contributed by atoms with Crippen molar-refractivity contribution in [3.63, 3.8) is 0 Å². The van der Waals surface area contributed by atoms with Crippen molar-refractivity contribution in [1.29, 1.82) is 0 Å². The number of carboxylic acid groups (broad SMARTS) is 2. The van der Waals surface area contributed by atoms with E-state index >= 15 is 0 Å². The average molecular weight is 502 g/mol. The lowest BCUT2D eigenvalue weighted by Gasteiger charge is -2.36. The van der Waals surface area contributed by atoms with Gasteiger partial charge in [0.15, 0.2) is 0 Å². The predicted octanol–water partition coefficient (Wildman–Crippen LogP) is 3.23. The number of hydrogen-bond acceptors (Lipinski definition) is 6. The van der Waals surface area contributed by atoms with E-state index in [0.29, 0.717) is 5.92 Å². The zero-order valence-electron chi connectivity index (χ0n) is 17.8. The highest BCUT2D eigenvalue weighted by Gasteiger charge is 2.53. The molecule has 4 rings (SSSR count). The molecule has 0 radical (unpaired) electrons. The van der Waals surface area contributed by atoms with Crippen molar-refractivity contribution in [2.75, 3.05) is 32.9 Å². The van der Waals surface area contributed by atoms with Gasteiger partial charge in [0.1, 0.15) is 0 Å². The Morgan fingerprint density at radius 3 is 2.15 bits per heavy atom. The van der Waals surface area contributed by atoms with Crippen molar-refractivity contribution in [3.8, 4) is 5.88 Å². The Morgan fingerprint density at radius 2 is 1.71 bits per heavy atom. The van der Waals surface area contributed by atoms with Crippen LogP contribution in [-0.4, -0.2) is 83.3 Å². The molecule has 192 valence electrons. The van der Waals surface area contributed by atoms with Gasteiger partial charge >= 0.3 is 24.3 Å². The number of rotatable bonds is 4. The summed E-state index contributed by atoms with van der Waals surface area (Å²) >= 11 is 0. The van der Waals surface area contributed by atoms with Crippen molar-refractivity contribution >= 4 is 11.9 Å². The fourth-order valence-electron chi connectivity index (χ4n) is 3.76. The molecule has 2 atom stereocenters. The lowest BCUT2D eigenvalue weighted by molar-refractivity contribution is -0.193. The van der Waals surface area contributed by atoms with Gasteiger partial charge in [-0.1, -0.05) is 12.5 Å². The van der Waals surface area contributed by atoms with Crippen LogP contribution in [0.15, 0.2) is 24.4 Å². The summed E-state index contributed by atoms with van der Waals surface area (Å²) in [5, 5.41) is 14.2. The number of carboxylic acids is 2. The molecule has 8 nitrogen and oxygen atoms in total. The summed E-state index contributed by atoms with van der Waals surface area (Å²) in [6.07, 6.45) is -4.22. The summed E-state index contributed by atoms with van der Waals surface area (Å²) in [6, 6.07) is 6.64. The van der Waals surface area contributed by atoms with Gasteiger partial charge in [-0.2, -0.15) is 26.3 Å². The molecule has 0 spiro atoms. The van der Waals surface area contributed by atoms with Gasteiger partial charge < -0.3 is 19.7 Å². The number of halogens is 6. The summed E-state index contributed by atoms with van der Waals surface area (Å²) < 4.78 is 75.2. The first-order chi connectivity index (χ1) is 15.7. The lowest BCUT2D eigenvalue weighted by atomic mass is 9.82. The van der Waals surface area contributed by atoms with Crippen LogP contribution in [0, 0.1) is 11.3 Å². The molecular formula is C20H24F6N2O6. The maximum Gasteiger partial charge on any atom is 0.490 e. The average Bonchev–Trinajstić information content (AvgIpc) is 3.22. The van der Waals surface area contributed by atoms with Crippen LogP contribution in [0.3, 0.4) is 0 Å². The molecule has 0 aromatic carbocycles. The molecule has 14 heteroatoms. The van der Waals surface area contributed by atoms with Crippen molar-refractivity contribution < 1.29 is 55.6 Å². The minimum absolute atomic E-state index is 0.188. The topological polar surface area (TPSA) is 109 Å². The maximum absolute atomic E-state index is 10.6. The molecule has 1 saturated carbocycles. The SMILES string of the molecule is O=C(O)C(F)(F)F.O=C(O)C(F)(F)F.c1ccc(OC[C@]23COC[C@H]2CN(C2CCC2)C3)nc1. The molecule has 2 saturated heterocycles. The summed E-state index contributed by atoms with van der Waals surface area (Å²) in [4.78, 5) is 24.7. The van der Waals surface area contributed by atoms with E-state index in [0.717, 1.165) is 38.3 Å². The third-order valence-electron chi connectivity index (χ3n) is 5.77. The second-order valence-corrected chi connectivity index (χ2v) is 8.15. The number of aromatic nitrogens is 1. The van der Waals surface area contributed by atoms with Gasteiger partial charge in [0.05, 0.1) is 19.8 Å². The third-order valence-corrected chi connectivity index (χ3v) is 5.77. The normalized spacial score (nSPS) is 24.6. The molecule has 2 aliphatic heterocycles. The van der Waals surface area contributed by atoms with Gasteiger partial charge in [0.2, 0.25) is 5.88 Å². The van der Waals surface area contributed by atoms with E-state index in [-0.39, 0.29) is 5.41 Å². The van der Waals surface area contributed by atoms with Crippen LogP contribution in [0.1, 0.15) is 19.3 Å². The number of ether oxygens (including phenoxy) is 2. The van der Waals surface area contributed by atoms with Crippen LogP contribution in [0.2, 0.25) is 0 Å². The molecular weight excluding hydrogens is 478 g/mol. The van der Waals surface area contributed by atoms with Crippen LogP contribution in [0.25, 0.3) is 0 Å². The van der Waals surface area contributed by atoms with E-state index in [4.69, 9.17) is 29.3 Å². The van der Waals surface area contributed by atoms with Gasteiger partial charge in [-0.05, 0) is 18.9 Å². The maximum atomic E-state index is 10.6. The Bertz CT molecular complexity index is 794. The molecule has 34 heavy (non-hydrogen) atoms. The van der Waals surface area contributed by atoms with E-state index < -0.39 is 24.3 Å². The molecule has 2 N–H and O–H groups in total. The largest absolute Gasteiger partial charge is 0.490 e. The van der Waals surface area contributed by atoms with Gasteiger partial charge in [-0.3, -0.25) is 4.90 Å². The minimum atomic E-state index is -5.08. The number of pyridine rings is 1. The Kier molecular flexibility index (Phi) is 9.11. The van der Waals surface area contributed by atoms with Crippen LogP contribution in [-0.2, 0) is 14.3 Å². The molecule has 1 aliphatic carbocycles. The third kappa shape index (κ3) is 7.72. The van der Waals surface area contributed by atoms with E-state index in [2.05, 4.69) is 9.88 Å². The van der Waals surface area contributed by atoms with E-state index in [1.807, 2.05) is 18.2 Å². The first-order valence-electron chi connectivity index (χ1n) is 10.2. The minimum Gasteiger partial charge on any atom is -0.477 e. The van der Waals surface area contributed by atoms with Crippen LogP contribution < -0.4 is 4.74 Å². The Balaban J connectivity index is 0.000000244. The number of likely N-dealkylation sites (tertiary alicyclic amines) is 1. The molecule has 1 aromatic heterocycles. The fraction of sp³-hybridized carbons (Fsp3) is 0.650. The first-order valence-corrected chi connectivity index (χ1v) is 10.2. The molecule has 0 bridgehead atoms. The predicted molar refractivity (Wildman–Crippen MR) is 103 cm³/mol. The van der Waals surface area contributed by atoms with Gasteiger partial charge in [-0.25, -0.2) is 14.6 Å². The number of aliphatic carboxylic acids is 2. The number of hydrogen-bond donors (Lipinski definition) is 2. The standard InChI is InChI=1S/C16H22N2O2.2C2HF3O2/c1-2-7-17-15(6-1)20-12-16-10-18(14-4-3-5-14)8-13(16)9-19-11-16;2*3-2(4,5)1(6)7/h1-2,6-7,13-14H,3-5,8-12H2;2*(H,6,7)/t13-,16+;;/m1../s1. The summed E-state index contributed by atoms with van der Waals surface area (Å²) in [6.45, 7) is 4.80.